The predicted octanol–water partition coefficient (Wildman–Crippen LogP) is 4.27. The maximum atomic E-state index is 12.5. The SMILES string of the molecule is Cc1ccc2c(c1C)C1=CC[C@@H]3[C@@]4(C)C[C@@H](O)[C@H](O)[C@@](C)(C(=O)O)[C@@H]4CC[C@@]3(C)[C@]1(CO)CC2. The van der Waals surface area contributed by atoms with Crippen molar-refractivity contribution in [1.82, 2.24) is 0 Å². The van der Waals surface area contributed by atoms with E-state index in [4.69, 9.17) is 0 Å². The van der Waals surface area contributed by atoms with Gasteiger partial charge in [0.2, 0.25) is 0 Å². The summed E-state index contributed by atoms with van der Waals surface area (Å²) in [4.78, 5) is 12.5. The van der Waals surface area contributed by atoms with Gasteiger partial charge in [0.05, 0.1) is 24.2 Å². The molecule has 5 nitrogen and oxygen atoms in total. The highest BCUT2D eigenvalue weighted by Gasteiger charge is 2.70. The topological polar surface area (TPSA) is 98.0 Å². The highest BCUT2D eigenvalue weighted by molar-refractivity contribution is 5.80. The third kappa shape index (κ3) is 2.64. The summed E-state index contributed by atoms with van der Waals surface area (Å²) in [5.74, 6) is -1.15. The van der Waals surface area contributed by atoms with Crippen LogP contribution in [0.25, 0.3) is 5.57 Å². The molecule has 4 N–H and O–H groups in total. The maximum Gasteiger partial charge on any atom is 0.312 e. The van der Waals surface area contributed by atoms with Gasteiger partial charge in [0.1, 0.15) is 0 Å². The minimum Gasteiger partial charge on any atom is -0.481 e. The number of allylic oxidation sites excluding steroid dienone is 1. The minimum atomic E-state index is -1.39. The van der Waals surface area contributed by atoms with Gasteiger partial charge >= 0.3 is 5.97 Å². The van der Waals surface area contributed by atoms with Crippen LogP contribution in [-0.2, 0) is 11.2 Å². The average Bonchev–Trinajstić information content (AvgIpc) is 2.79. The summed E-state index contributed by atoms with van der Waals surface area (Å²) >= 11 is 0. The third-order valence-corrected chi connectivity index (χ3v) is 11.5. The number of carboxylic acids is 1. The van der Waals surface area contributed by atoms with Crippen LogP contribution in [0.5, 0.6) is 0 Å². The van der Waals surface area contributed by atoms with Gasteiger partial charge in [-0.25, -0.2) is 0 Å². The summed E-state index contributed by atoms with van der Waals surface area (Å²) in [6.07, 6.45) is 4.44. The molecule has 1 aromatic rings. The molecule has 0 heterocycles. The first-order chi connectivity index (χ1) is 15.9. The van der Waals surface area contributed by atoms with Crippen LogP contribution in [0.1, 0.15) is 75.1 Å². The number of fused-ring (bicyclic) bond motifs is 7. The number of rotatable bonds is 2. The Balaban J connectivity index is 1.69. The van der Waals surface area contributed by atoms with E-state index in [1.807, 2.05) is 0 Å². The van der Waals surface area contributed by atoms with Crippen LogP contribution in [0.2, 0.25) is 0 Å². The molecule has 34 heavy (non-hydrogen) atoms. The van der Waals surface area contributed by atoms with Crippen molar-refractivity contribution in [2.75, 3.05) is 6.61 Å². The van der Waals surface area contributed by atoms with Crippen LogP contribution < -0.4 is 0 Å². The molecule has 0 unspecified atom stereocenters. The number of aliphatic hydroxyl groups is 3. The first-order valence-electron chi connectivity index (χ1n) is 12.9. The van der Waals surface area contributed by atoms with Crippen LogP contribution in [0.15, 0.2) is 18.2 Å². The molecule has 5 heteroatoms. The molecule has 4 aliphatic carbocycles. The lowest BCUT2D eigenvalue weighted by Crippen LogP contribution is -2.68. The summed E-state index contributed by atoms with van der Waals surface area (Å²) in [7, 11) is 0. The third-order valence-electron chi connectivity index (χ3n) is 11.5. The van der Waals surface area contributed by atoms with Crippen LogP contribution in [0.3, 0.4) is 0 Å². The quantitative estimate of drug-likeness (QED) is 0.520. The number of benzene rings is 1. The molecule has 1 aromatic carbocycles. The van der Waals surface area contributed by atoms with Crippen molar-refractivity contribution < 1.29 is 25.2 Å². The molecule has 0 aromatic heterocycles. The molecule has 2 saturated carbocycles. The largest absolute Gasteiger partial charge is 0.481 e. The van der Waals surface area contributed by atoms with E-state index in [0.29, 0.717) is 12.8 Å². The fourth-order valence-corrected chi connectivity index (χ4v) is 9.38. The molecule has 0 aliphatic heterocycles. The fourth-order valence-electron chi connectivity index (χ4n) is 9.38. The predicted molar refractivity (Wildman–Crippen MR) is 131 cm³/mol. The van der Waals surface area contributed by atoms with E-state index in [2.05, 4.69) is 45.9 Å². The van der Waals surface area contributed by atoms with Crippen molar-refractivity contribution in [3.8, 4) is 0 Å². The molecule has 0 saturated heterocycles. The van der Waals surface area contributed by atoms with Gasteiger partial charge in [0, 0.05) is 5.41 Å². The second-order valence-corrected chi connectivity index (χ2v) is 12.5. The minimum absolute atomic E-state index is 0.0702. The van der Waals surface area contributed by atoms with Crippen molar-refractivity contribution in [3.63, 3.8) is 0 Å². The summed E-state index contributed by atoms with van der Waals surface area (Å²) < 4.78 is 0. The second kappa shape index (κ2) is 7.41. The number of carboxylic acid groups (broad SMARTS) is 1. The van der Waals surface area contributed by atoms with Crippen LogP contribution >= 0.6 is 0 Å². The van der Waals surface area contributed by atoms with E-state index in [-0.39, 0.29) is 23.9 Å². The zero-order valence-electron chi connectivity index (χ0n) is 21.2. The zero-order valence-corrected chi connectivity index (χ0v) is 21.2. The van der Waals surface area contributed by atoms with Gasteiger partial charge in [0.25, 0.3) is 0 Å². The monoisotopic (exact) mass is 468 g/mol. The van der Waals surface area contributed by atoms with Crippen molar-refractivity contribution >= 4 is 11.5 Å². The number of aryl methyl sites for hydroxylation is 2. The smallest absolute Gasteiger partial charge is 0.312 e. The van der Waals surface area contributed by atoms with Gasteiger partial charge in [-0.2, -0.15) is 0 Å². The lowest BCUT2D eigenvalue weighted by atomic mass is 9.35. The van der Waals surface area contributed by atoms with Crippen molar-refractivity contribution in [3.05, 3.63) is 40.5 Å². The highest BCUT2D eigenvalue weighted by Crippen LogP contribution is 2.73. The average molecular weight is 469 g/mol. The molecule has 186 valence electrons. The molecular formula is C29H40O5. The van der Waals surface area contributed by atoms with Crippen LogP contribution in [0, 0.1) is 47.3 Å². The molecular weight excluding hydrogens is 428 g/mol. The van der Waals surface area contributed by atoms with Gasteiger partial charge in [0.15, 0.2) is 0 Å². The number of carbonyl (C=O) groups is 1. The summed E-state index contributed by atoms with van der Waals surface area (Å²) in [6.45, 7) is 10.5. The van der Waals surface area contributed by atoms with Crippen molar-refractivity contribution in [2.24, 2.45) is 33.5 Å². The fraction of sp³-hybridized carbons (Fsp3) is 0.690. The van der Waals surface area contributed by atoms with Gasteiger partial charge < -0.3 is 20.4 Å². The first kappa shape index (κ1) is 24.0. The molecule has 0 amide bonds. The Labute approximate surface area is 202 Å². The van der Waals surface area contributed by atoms with E-state index >= 15 is 0 Å². The van der Waals surface area contributed by atoms with Crippen LogP contribution in [0.4, 0.5) is 0 Å². The molecule has 2 fully saturated rings. The Kier molecular flexibility index (Phi) is 5.23. The molecule has 4 aliphatic rings. The van der Waals surface area contributed by atoms with E-state index in [1.54, 1.807) is 6.92 Å². The van der Waals surface area contributed by atoms with Gasteiger partial charge in [-0.15, -0.1) is 0 Å². The van der Waals surface area contributed by atoms with E-state index < -0.39 is 34.4 Å². The Morgan fingerprint density at radius 2 is 1.79 bits per heavy atom. The van der Waals surface area contributed by atoms with E-state index in [1.165, 1.54) is 27.8 Å². The molecule has 0 bridgehead atoms. The number of aliphatic hydroxyl groups excluding tert-OH is 3. The first-order valence-corrected chi connectivity index (χ1v) is 12.9. The summed E-state index contributed by atoms with van der Waals surface area (Å²) in [5.41, 5.74) is 4.02. The lowest BCUT2D eigenvalue weighted by Gasteiger charge is -2.69. The van der Waals surface area contributed by atoms with Gasteiger partial charge in [-0.3, -0.25) is 4.79 Å². The summed E-state index contributed by atoms with van der Waals surface area (Å²) in [6, 6.07) is 4.44. The zero-order chi connectivity index (χ0) is 24.8. The van der Waals surface area contributed by atoms with Gasteiger partial charge in [-0.05, 0) is 110 Å². The highest BCUT2D eigenvalue weighted by atomic mass is 16.4. The Morgan fingerprint density at radius 3 is 2.44 bits per heavy atom. The molecule has 8 atom stereocenters. The molecule has 0 radical (unpaired) electrons. The Bertz CT molecular complexity index is 1080. The van der Waals surface area contributed by atoms with Crippen molar-refractivity contribution in [2.45, 2.75) is 85.4 Å². The maximum absolute atomic E-state index is 12.5. The molecule has 5 rings (SSSR count). The lowest BCUT2D eigenvalue weighted by molar-refractivity contribution is -0.237. The number of aliphatic carboxylic acids is 1. The van der Waals surface area contributed by atoms with Crippen molar-refractivity contribution in [1.29, 1.82) is 0 Å². The van der Waals surface area contributed by atoms with Crippen LogP contribution in [-0.4, -0.2) is 45.2 Å². The molecule has 0 spiro atoms. The Hall–Kier alpha value is -1.69. The normalized spacial score (nSPS) is 45.4. The number of hydrogen-bond donors (Lipinski definition) is 4. The number of hydrogen-bond acceptors (Lipinski definition) is 4. The second-order valence-electron chi connectivity index (χ2n) is 12.5. The standard InChI is InChI=1S/C29H40O5/c1-16-6-7-18-10-13-29(15-30)19(23(18)17(16)2)8-9-21-26(3)14-20(31)24(32)28(5,25(33)34)22(26)11-12-27(21,29)4/h6-8,20-22,24,30-32H,9-15H2,1-5H3,(H,33,34)/t20-,21-,22-,24+,26-,27-,28+,29+/m1/s1. The van der Waals surface area contributed by atoms with E-state index in [9.17, 15) is 25.2 Å². The Morgan fingerprint density at radius 1 is 1.09 bits per heavy atom. The van der Waals surface area contributed by atoms with Gasteiger partial charge in [-0.1, -0.05) is 32.1 Å². The summed E-state index contributed by atoms with van der Waals surface area (Å²) in [5, 5.41) is 43.1. The van der Waals surface area contributed by atoms with E-state index in [0.717, 1.165) is 25.7 Å².